The fourth-order valence-corrected chi connectivity index (χ4v) is 2.89. The van der Waals surface area contributed by atoms with Gasteiger partial charge in [-0.1, -0.05) is 13.3 Å². The van der Waals surface area contributed by atoms with Crippen molar-refractivity contribution in [3.05, 3.63) is 0 Å². The molecule has 14 heavy (non-hydrogen) atoms. The maximum absolute atomic E-state index is 3.50. The summed E-state index contributed by atoms with van der Waals surface area (Å²) >= 11 is 0. The molecule has 0 bridgehead atoms. The van der Waals surface area contributed by atoms with Gasteiger partial charge in [0.15, 0.2) is 0 Å². The molecule has 2 aliphatic rings. The van der Waals surface area contributed by atoms with E-state index < -0.39 is 0 Å². The van der Waals surface area contributed by atoms with Gasteiger partial charge in [0.05, 0.1) is 0 Å². The molecule has 82 valence electrons. The third-order valence-corrected chi connectivity index (χ3v) is 3.96. The lowest BCUT2D eigenvalue weighted by molar-refractivity contribution is 0.216. The van der Waals surface area contributed by atoms with Crippen LogP contribution >= 0.6 is 0 Å². The van der Waals surface area contributed by atoms with E-state index in [4.69, 9.17) is 0 Å². The second-order valence-corrected chi connectivity index (χ2v) is 4.89. The molecule has 2 fully saturated rings. The van der Waals surface area contributed by atoms with Crippen molar-refractivity contribution >= 4 is 0 Å². The third kappa shape index (κ3) is 2.48. The van der Waals surface area contributed by atoms with E-state index >= 15 is 0 Å². The summed E-state index contributed by atoms with van der Waals surface area (Å²) in [5.41, 5.74) is 0. The van der Waals surface area contributed by atoms with Crippen LogP contribution in [0.25, 0.3) is 0 Å². The van der Waals surface area contributed by atoms with Gasteiger partial charge in [-0.05, 0) is 51.2 Å². The lowest BCUT2D eigenvalue weighted by Crippen LogP contribution is -2.34. The predicted molar refractivity (Wildman–Crippen MR) is 60.5 cm³/mol. The quantitative estimate of drug-likeness (QED) is 0.725. The van der Waals surface area contributed by atoms with Crippen LogP contribution in [0.3, 0.4) is 0 Å². The van der Waals surface area contributed by atoms with E-state index in [2.05, 4.69) is 17.1 Å². The summed E-state index contributed by atoms with van der Waals surface area (Å²) in [6, 6.07) is 0.890. The first-order valence-electron chi connectivity index (χ1n) is 6.35. The van der Waals surface area contributed by atoms with Crippen LogP contribution in [0.15, 0.2) is 0 Å². The molecule has 0 aromatic rings. The average Bonchev–Trinajstić information content (AvgIpc) is 2.53. The van der Waals surface area contributed by atoms with E-state index in [9.17, 15) is 0 Å². The Morgan fingerprint density at radius 1 is 1.21 bits per heavy atom. The van der Waals surface area contributed by atoms with Crippen molar-refractivity contribution < 1.29 is 0 Å². The van der Waals surface area contributed by atoms with E-state index in [0.717, 1.165) is 12.0 Å². The third-order valence-electron chi connectivity index (χ3n) is 3.96. The van der Waals surface area contributed by atoms with Crippen LogP contribution in [-0.4, -0.2) is 37.1 Å². The molecule has 2 saturated heterocycles. The molecular formula is C12H24N2. The van der Waals surface area contributed by atoms with Crippen molar-refractivity contribution in [1.29, 1.82) is 0 Å². The molecule has 0 aromatic carbocycles. The van der Waals surface area contributed by atoms with Gasteiger partial charge in [0.2, 0.25) is 0 Å². The van der Waals surface area contributed by atoms with Crippen molar-refractivity contribution in [2.24, 2.45) is 5.92 Å². The van der Waals surface area contributed by atoms with Gasteiger partial charge in [0.1, 0.15) is 0 Å². The van der Waals surface area contributed by atoms with Crippen molar-refractivity contribution in [1.82, 2.24) is 10.2 Å². The summed E-state index contributed by atoms with van der Waals surface area (Å²) in [7, 11) is 0. The van der Waals surface area contributed by atoms with Crippen molar-refractivity contribution in [3.63, 3.8) is 0 Å². The average molecular weight is 196 g/mol. The van der Waals surface area contributed by atoms with E-state index in [0.29, 0.717) is 0 Å². The highest BCUT2D eigenvalue weighted by Gasteiger charge is 2.27. The molecule has 2 unspecified atom stereocenters. The Balaban J connectivity index is 1.82. The van der Waals surface area contributed by atoms with Crippen LogP contribution in [0, 0.1) is 5.92 Å². The van der Waals surface area contributed by atoms with Crippen LogP contribution in [0.2, 0.25) is 0 Å². The molecule has 2 heteroatoms. The summed E-state index contributed by atoms with van der Waals surface area (Å²) in [4.78, 5) is 2.75. The monoisotopic (exact) mass is 196 g/mol. The lowest BCUT2D eigenvalue weighted by atomic mass is 10.1. The van der Waals surface area contributed by atoms with Crippen molar-refractivity contribution in [2.45, 2.75) is 45.1 Å². The highest BCUT2D eigenvalue weighted by atomic mass is 15.2. The Kier molecular flexibility index (Phi) is 3.82. The van der Waals surface area contributed by atoms with E-state index in [1.807, 2.05) is 0 Å². The fourth-order valence-electron chi connectivity index (χ4n) is 2.89. The van der Waals surface area contributed by atoms with Crippen molar-refractivity contribution in [3.8, 4) is 0 Å². The van der Waals surface area contributed by atoms with Gasteiger partial charge >= 0.3 is 0 Å². The lowest BCUT2D eigenvalue weighted by Gasteiger charge is -2.26. The normalized spacial score (nSPS) is 35.8. The Hall–Kier alpha value is -0.0800. The first kappa shape index (κ1) is 10.4. The van der Waals surface area contributed by atoms with E-state index in [1.54, 1.807) is 0 Å². The molecule has 0 radical (unpaired) electrons. The summed E-state index contributed by atoms with van der Waals surface area (Å²) in [5.74, 6) is 0.992. The molecule has 0 saturated carbocycles. The smallest absolute Gasteiger partial charge is 0.0108 e. The Morgan fingerprint density at radius 2 is 2.14 bits per heavy atom. The number of hydrogen-bond donors (Lipinski definition) is 1. The number of rotatable bonds is 2. The van der Waals surface area contributed by atoms with Crippen LogP contribution in [-0.2, 0) is 0 Å². The molecule has 2 rings (SSSR count). The van der Waals surface area contributed by atoms with Gasteiger partial charge in [-0.3, -0.25) is 0 Å². The summed E-state index contributed by atoms with van der Waals surface area (Å²) in [6.45, 7) is 7.55. The maximum atomic E-state index is 3.50. The number of nitrogens with one attached hydrogen (secondary N) is 1. The molecule has 2 atom stereocenters. The minimum Gasteiger partial charge on any atom is -0.317 e. The molecule has 2 heterocycles. The number of hydrogen-bond acceptors (Lipinski definition) is 2. The highest BCUT2D eigenvalue weighted by molar-refractivity contribution is 4.82. The second kappa shape index (κ2) is 5.13. The minimum atomic E-state index is 0.890. The summed E-state index contributed by atoms with van der Waals surface area (Å²) < 4.78 is 0. The van der Waals surface area contributed by atoms with Crippen molar-refractivity contribution in [2.75, 3.05) is 26.2 Å². The van der Waals surface area contributed by atoms with Gasteiger partial charge in [-0.25, -0.2) is 0 Å². The van der Waals surface area contributed by atoms with E-state index in [1.165, 1.54) is 58.3 Å². The zero-order valence-corrected chi connectivity index (χ0v) is 9.47. The molecule has 0 spiro atoms. The molecule has 2 aliphatic heterocycles. The largest absolute Gasteiger partial charge is 0.317 e. The summed E-state index contributed by atoms with van der Waals surface area (Å²) in [5, 5.41) is 3.50. The minimum absolute atomic E-state index is 0.890. The molecule has 1 N–H and O–H groups in total. The molecule has 0 aromatic heterocycles. The zero-order chi connectivity index (χ0) is 9.80. The zero-order valence-electron chi connectivity index (χ0n) is 9.47. The fraction of sp³-hybridized carbons (Fsp3) is 1.00. The Labute approximate surface area is 88.1 Å². The SMILES string of the molecule is CCC1CCN(C2CCCNCC2)C1. The van der Waals surface area contributed by atoms with E-state index in [-0.39, 0.29) is 0 Å². The van der Waals surface area contributed by atoms with Gasteiger partial charge in [-0.15, -0.1) is 0 Å². The predicted octanol–water partition coefficient (Wildman–Crippen LogP) is 1.86. The van der Waals surface area contributed by atoms with Gasteiger partial charge in [0, 0.05) is 12.6 Å². The van der Waals surface area contributed by atoms with Gasteiger partial charge in [-0.2, -0.15) is 0 Å². The topological polar surface area (TPSA) is 15.3 Å². The molecular weight excluding hydrogens is 172 g/mol. The first-order valence-corrected chi connectivity index (χ1v) is 6.35. The molecule has 0 amide bonds. The molecule has 0 aliphatic carbocycles. The number of likely N-dealkylation sites (tertiary alicyclic amines) is 1. The number of nitrogens with zero attached hydrogens (tertiary/aromatic N) is 1. The summed E-state index contributed by atoms with van der Waals surface area (Å²) in [6.07, 6.45) is 6.99. The van der Waals surface area contributed by atoms with Crippen LogP contribution in [0.1, 0.15) is 39.0 Å². The Bertz CT molecular complexity index is 162. The maximum Gasteiger partial charge on any atom is 0.0108 e. The Morgan fingerprint density at radius 3 is 2.93 bits per heavy atom. The molecule has 2 nitrogen and oxygen atoms in total. The van der Waals surface area contributed by atoms with Crippen LogP contribution in [0.5, 0.6) is 0 Å². The van der Waals surface area contributed by atoms with Gasteiger partial charge < -0.3 is 10.2 Å². The second-order valence-electron chi connectivity index (χ2n) is 4.89. The highest BCUT2D eigenvalue weighted by Crippen LogP contribution is 2.24. The van der Waals surface area contributed by atoms with Crippen LogP contribution < -0.4 is 5.32 Å². The van der Waals surface area contributed by atoms with Gasteiger partial charge in [0.25, 0.3) is 0 Å². The van der Waals surface area contributed by atoms with Crippen LogP contribution in [0.4, 0.5) is 0 Å². The first-order chi connectivity index (χ1) is 6.90. The standard InChI is InChI=1S/C12H24N2/c1-2-11-6-9-14(10-11)12-4-3-7-13-8-5-12/h11-13H,2-10H2,1H3.